The van der Waals surface area contributed by atoms with E-state index in [2.05, 4.69) is 69.1 Å². The third kappa shape index (κ3) is 8.26. The van der Waals surface area contributed by atoms with Crippen molar-refractivity contribution in [2.45, 2.75) is 95.8 Å². The summed E-state index contributed by atoms with van der Waals surface area (Å²) in [5, 5.41) is 5.59. The average molecular weight is 820 g/mol. The largest absolute Gasteiger partial charge is 0.453 e. The smallest absolute Gasteiger partial charge is 0.407 e. The predicted molar refractivity (Wildman–Crippen MR) is 226 cm³/mol. The molecule has 3 saturated heterocycles. The number of aromatic amines is 2. The molecule has 4 aromatic rings. The topological polar surface area (TPSA) is 171 Å². The summed E-state index contributed by atoms with van der Waals surface area (Å²) < 4.78 is 15.2. The summed E-state index contributed by atoms with van der Waals surface area (Å²) in [5.41, 5.74) is 10.1. The number of hydrogen-bond donors (Lipinski definition) is 4. The lowest BCUT2D eigenvalue weighted by Crippen LogP contribution is -2.53. The Kier molecular flexibility index (Phi) is 12.3. The minimum atomic E-state index is -0.680. The zero-order valence-corrected chi connectivity index (χ0v) is 35.1. The van der Waals surface area contributed by atoms with Crippen LogP contribution in [0.25, 0.3) is 33.6 Å². The second-order valence-electron chi connectivity index (χ2n) is 16.9. The van der Waals surface area contributed by atoms with E-state index in [9.17, 15) is 19.2 Å². The van der Waals surface area contributed by atoms with Crippen LogP contribution in [0.1, 0.15) is 93.5 Å². The molecule has 0 saturated carbocycles. The molecule has 3 aliphatic heterocycles. The molecular formula is C46H57N7O7. The molecule has 14 nitrogen and oxygen atoms in total. The Labute approximate surface area is 351 Å². The summed E-state index contributed by atoms with van der Waals surface area (Å²) in [4.78, 5) is 68.1. The van der Waals surface area contributed by atoms with Crippen LogP contribution in [-0.4, -0.2) is 101 Å². The maximum Gasteiger partial charge on any atom is 0.407 e. The van der Waals surface area contributed by atoms with Crippen molar-refractivity contribution in [3.63, 3.8) is 0 Å². The van der Waals surface area contributed by atoms with Crippen molar-refractivity contribution in [3.8, 4) is 33.6 Å². The number of carbonyl (C=O) groups is 4. The molecule has 0 bridgehead atoms. The first-order chi connectivity index (χ1) is 29.1. The van der Waals surface area contributed by atoms with Crippen molar-refractivity contribution in [2.24, 2.45) is 11.8 Å². The molecule has 2 aromatic carbocycles. The SMILES string of the molecule is COC(=O)NC(C(=O)N1CCC[C@H]1c1ncc(-c2ccc(-c3ccc(-c4[nH]c(C5CCCN5C(=O)[C@@H](NC(=O)OC)C(C)C)c5c4CCC5)cc3)cc2)[nH]1)C1CCOCC1. The van der Waals surface area contributed by atoms with Gasteiger partial charge in [0.15, 0.2) is 0 Å². The molecule has 1 aliphatic carbocycles. The molecule has 4 N–H and O–H groups in total. The molecule has 2 aromatic heterocycles. The number of imidazole rings is 1. The van der Waals surface area contributed by atoms with Crippen LogP contribution >= 0.6 is 0 Å². The molecule has 3 fully saturated rings. The number of amides is 4. The number of fused-ring (bicyclic) bond motifs is 1. The molecule has 14 heteroatoms. The number of ether oxygens (including phenoxy) is 3. The molecule has 4 atom stereocenters. The molecule has 4 aliphatic rings. The third-order valence-corrected chi connectivity index (χ3v) is 13.0. The highest BCUT2D eigenvalue weighted by atomic mass is 16.5. The lowest BCUT2D eigenvalue weighted by molar-refractivity contribution is -0.137. The van der Waals surface area contributed by atoms with Gasteiger partial charge in [0.2, 0.25) is 11.8 Å². The number of carbonyl (C=O) groups excluding carboxylic acids is 4. The highest BCUT2D eigenvalue weighted by Gasteiger charge is 2.41. The number of methoxy groups -OCH3 is 2. The maximum atomic E-state index is 14.0. The average Bonchev–Trinajstić information content (AvgIpc) is 4.13. The Morgan fingerprint density at radius 2 is 1.30 bits per heavy atom. The van der Waals surface area contributed by atoms with Crippen LogP contribution in [0.4, 0.5) is 9.59 Å². The first-order valence-electron chi connectivity index (χ1n) is 21.5. The van der Waals surface area contributed by atoms with E-state index in [4.69, 9.17) is 19.2 Å². The van der Waals surface area contributed by atoms with Gasteiger partial charge in [-0.25, -0.2) is 14.6 Å². The van der Waals surface area contributed by atoms with Gasteiger partial charge in [0.25, 0.3) is 0 Å². The summed E-state index contributed by atoms with van der Waals surface area (Å²) in [6, 6.07) is 15.5. The molecule has 0 spiro atoms. The van der Waals surface area contributed by atoms with E-state index in [0.29, 0.717) is 39.1 Å². The second-order valence-corrected chi connectivity index (χ2v) is 16.9. The summed E-state index contributed by atoms with van der Waals surface area (Å²) in [5.74, 6) is 0.458. The molecule has 318 valence electrons. The number of alkyl carbamates (subject to hydrolysis) is 2. The fourth-order valence-corrected chi connectivity index (χ4v) is 9.78. The van der Waals surface area contributed by atoms with E-state index in [1.165, 1.54) is 25.3 Å². The maximum absolute atomic E-state index is 14.0. The van der Waals surface area contributed by atoms with Gasteiger partial charge in [-0.3, -0.25) is 9.59 Å². The van der Waals surface area contributed by atoms with Crippen LogP contribution in [0.2, 0.25) is 0 Å². The van der Waals surface area contributed by atoms with E-state index in [-0.39, 0.29) is 35.7 Å². The minimum Gasteiger partial charge on any atom is -0.453 e. The van der Waals surface area contributed by atoms with Crippen LogP contribution in [0.15, 0.2) is 54.7 Å². The Bertz CT molecular complexity index is 2170. The standard InChI is InChI=1S/C46H57N7O7/c1-27(2)38(50-45(56)58-3)43(54)52-22-6-10-36(52)41-34-9-5-8-33(34)39(49-41)31-18-14-29(15-19-31)28-12-16-30(17-13-28)35-26-47-42(48-35)37-11-7-23-53(37)44(55)40(51-46(57)59-4)32-20-24-60-25-21-32/h12-19,26-27,32,36-38,40,49H,5-11,20-25H2,1-4H3,(H,47,48)(H,50,56)(H,51,57)/t36?,37-,38-,40?/m0/s1. The highest BCUT2D eigenvalue weighted by Crippen LogP contribution is 2.43. The van der Waals surface area contributed by atoms with Crippen molar-refractivity contribution < 1.29 is 33.4 Å². The highest BCUT2D eigenvalue weighted by molar-refractivity contribution is 5.87. The molecule has 60 heavy (non-hydrogen) atoms. The van der Waals surface area contributed by atoms with E-state index in [0.717, 1.165) is 90.1 Å². The lowest BCUT2D eigenvalue weighted by Gasteiger charge is -2.34. The van der Waals surface area contributed by atoms with Crippen LogP contribution < -0.4 is 10.6 Å². The quantitative estimate of drug-likeness (QED) is 0.124. The molecule has 0 radical (unpaired) electrons. The van der Waals surface area contributed by atoms with Crippen molar-refractivity contribution in [1.29, 1.82) is 0 Å². The summed E-state index contributed by atoms with van der Waals surface area (Å²) >= 11 is 0. The Morgan fingerprint density at radius 1 is 0.717 bits per heavy atom. The monoisotopic (exact) mass is 819 g/mol. The number of hydrogen-bond acceptors (Lipinski definition) is 8. The van der Waals surface area contributed by atoms with Gasteiger partial charge in [0.1, 0.15) is 17.9 Å². The van der Waals surface area contributed by atoms with Crippen molar-refractivity contribution in [2.75, 3.05) is 40.5 Å². The van der Waals surface area contributed by atoms with Gasteiger partial charge in [-0.15, -0.1) is 0 Å². The Balaban J connectivity index is 0.957. The number of rotatable bonds is 11. The minimum absolute atomic E-state index is 0.0232. The fourth-order valence-electron chi connectivity index (χ4n) is 9.78. The lowest BCUT2D eigenvalue weighted by atomic mass is 9.90. The van der Waals surface area contributed by atoms with Gasteiger partial charge in [0.05, 0.1) is 38.2 Å². The molecule has 8 rings (SSSR count). The van der Waals surface area contributed by atoms with Crippen molar-refractivity contribution in [1.82, 2.24) is 35.4 Å². The van der Waals surface area contributed by atoms with Gasteiger partial charge in [-0.1, -0.05) is 62.4 Å². The van der Waals surface area contributed by atoms with E-state index >= 15 is 0 Å². The van der Waals surface area contributed by atoms with Gasteiger partial charge in [-0.05, 0) is 103 Å². The Hall–Kier alpha value is -5.63. The number of aromatic nitrogens is 3. The molecular weight excluding hydrogens is 763 g/mol. The van der Waals surface area contributed by atoms with Gasteiger partial charge in [0, 0.05) is 37.7 Å². The molecule has 5 heterocycles. The zero-order valence-electron chi connectivity index (χ0n) is 35.1. The van der Waals surface area contributed by atoms with Crippen LogP contribution in [0.3, 0.4) is 0 Å². The Morgan fingerprint density at radius 3 is 1.95 bits per heavy atom. The zero-order chi connectivity index (χ0) is 41.9. The first kappa shape index (κ1) is 41.1. The normalized spacial score (nSPS) is 20.2. The second kappa shape index (κ2) is 17.9. The van der Waals surface area contributed by atoms with Crippen LogP contribution in [0, 0.1) is 11.8 Å². The van der Waals surface area contributed by atoms with Gasteiger partial charge >= 0.3 is 12.2 Å². The van der Waals surface area contributed by atoms with Crippen molar-refractivity contribution >= 4 is 24.0 Å². The van der Waals surface area contributed by atoms with Gasteiger partial charge < -0.3 is 44.6 Å². The number of benzene rings is 2. The van der Waals surface area contributed by atoms with E-state index < -0.39 is 24.3 Å². The van der Waals surface area contributed by atoms with Crippen molar-refractivity contribution in [3.05, 3.63) is 77.4 Å². The van der Waals surface area contributed by atoms with E-state index in [1.54, 1.807) is 0 Å². The molecule has 2 unspecified atom stereocenters. The number of nitrogens with zero attached hydrogens (tertiary/aromatic N) is 3. The first-order valence-corrected chi connectivity index (χ1v) is 21.5. The number of nitrogens with one attached hydrogen (secondary N) is 4. The number of H-pyrrole nitrogens is 2. The van der Waals surface area contributed by atoms with Gasteiger partial charge in [-0.2, -0.15) is 0 Å². The van der Waals surface area contributed by atoms with E-state index in [1.807, 2.05) is 29.8 Å². The summed E-state index contributed by atoms with van der Waals surface area (Å²) in [6.07, 6.45) is 8.51. The fraction of sp³-hybridized carbons (Fsp3) is 0.500. The molecule has 4 amide bonds. The van der Waals surface area contributed by atoms with Crippen LogP contribution in [0.5, 0.6) is 0 Å². The van der Waals surface area contributed by atoms with Crippen LogP contribution in [-0.2, 0) is 36.6 Å². The number of likely N-dealkylation sites (tertiary alicyclic amines) is 2. The summed E-state index contributed by atoms with van der Waals surface area (Å²) in [7, 11) is 2.63. The third-order valence-electron chi connectivity index (χ3n) is 13.0. The summed E-state index contributed by atoms with van der Waals surface area (Å²) in [6.45, 7) is 6.26. The predicted octanol–water partition coefficient (Wildman–Crippen LogP) is 7.09.